The summed E-state index contributed by atoms with van der Waals surface area (Å²) < 4.78 is 6.64. The van der Waals surface area contributed by atoms with Crippen LogP contribution in [0, 0.1) is 3.57 Å². The van der Waals surface area contributed by atoms with Crippen LogP contribution in [-0.4, -0.2) is 16.6 Å². The first-order valence-corrected chi connectivity index (χ1v) is 7.47. The molecule has 0 bridgehead atoms. The monoisotopic (exact) mass is 366 g/mol. The van der Waals surface area contributed by atoms with Gasteiger partial charge in [0.25, 0.3) is 0 Å². The van der Waals surface area contributed by atoms with Gasteiger partial charge in [0.1, 0.15) is 11.3 Å². The Balaban J connectivity index is 2.33. The predicted molar refractivity (Wildman–Crippen MR) is 76.4 cm³/mol. The third-order valence-corrected chi connectivity index (χ3v) is 4.50. The van der Waals surface area contributed by atoms with Gasteiger partial charge in [-0.15, -0.1) is 0 Å². The zero-order valence-electron chi connectivity index (χ0n) is 10.0. The lowest BCUT2D eigenvalue weighted by Gasteiger charge is -2.15. The molecule has 0 N–H and O–H groups in total. The van der Waals surface area contributed by atoms with E-state index in [0.717, 1.165) is 21.5 Å². The lowest BCUT2D eigenvalue weighted by molar-refractivity contribution is 0.0533. The highest BCUT2D eigenvalue weighted by molar-refractivity contribution is 14.1. The molecule has 1 aromatic rings. The molecule has 1 atom stereocenters. The molecule has 1 unspecified atom stereocenters. The van der Waals surface area contributed by atoms with E-state index in [0.29, 0.717) is 17.7 Å². The van der Waals surface area contributed by atoms with Crippen molar-refractivity contribution in [2.75, 3.05) is 6.61 Å². The lowest BCUT2D eigenvalue weighted by Crippen LogP contribution is -2.11. The quantitative estimate of drug-likeness (QED) is 0.581. The van der Waals surface area contributed by atoms with Crippen LogP contribution in [0.4, 0.5) is 0 Å². The van der Waals surface area contributed by atoms with Crippen molar-refractivity contribution in [3.05, 3.63) is 20.2 Å². The molecular formula is C12H16ClIN2O. The summed E-state index contributed by atoms with van der Waals surface area (Å²) in [5.74, 6) is 1.32. The molecule has 1 aliphatic carbocycles. The highest BCUT2D eigenvalue weighted by Gasteiger charge is 2.30. The second-order valence-electron chi connectivity index (χ2n) is 4.20. The van der Waals surface area contributed by atoms with E-state index in [1.54, 1.807) is 0 Å². The highest BCUT2D eigenvalue weighted by Crippen LogP contribution is 2.42. The van der Waals surface area contributed by atoms with Crippen molar-refractivity contribution in [2.45, 2.75) is 45.1 Å². The van der Waals surface area contributed by atoms with Gasteiger partial charge in [-0.3, -0.25) is 0 Å². The van der Waals surface area contributed by atoms with E-state index in [2.05, 4.69) is 39.5 Å². The molecular weight excluding hydrogens is 351 g/mol. The van der Waals surface area contributed by atoms with Crippen molar-refractivity contribution in [3.63, 3.8) is 0 Å². The summed E-state index contributed by atoms with van der Waals surface area (Å²) in [7, 11) is 0. The first-order valence-electron chi connectivity index (χ1n) is 6.01. The normalized spacial score (nSPS) is 17.2. The molecule has 0 spiro atoms. The fourth-order valence-electron chi connectivity index (χ4n) is 1.80. The molecule has 1 heterocycles. The molecule has 0 aromatic carbocycles. The van der Waals surface area contributed by atoms with Crippen LogP contribution in [0.3, 0.4) is 0 Å². The lowest BCUT2D eigenvalue weighted by atomic mass is 10.2. The van der Waals surface area contributed by atoms with Crippen molar-refractivity contribution in [1.82, 2.24) is 9.97 Å². The summed E-state index contributed by atoms with van der Waals surface area (Å²) in [6, 6.07) is 0. The molecule has 1 aromatic heterocycles. The Morgan fingerprint density at radius 1 is 1.41 bits per heavy atom. The van der Waals surface area contributed by atoms with Gasteiger partial charge in [0.15, 0.2) is 5.82 Å². The number of nitrogens with zero attached hydrogens (tertiary/aromatic N) is 2. The summed E-state index contributed by atoms with van der Waals surface area (Å²) in [4.78, 5) is 9.01. The van der Waals surface area contributed by atoms with E-state index < -0.39 is 0 Å². The van der Waals surface area contributed by atoms with Crippen LogP contribution in [0.5, 0.6) is 0 Å². The summed E-state index contributed by atoms with van der Waals surface area (Å²) in [5.41, 5.74) is 1.11. The number of halogens is 2. The maximum Gasteiger partial charge on any atom is 0.159 e. The topological polar surface area (TPSA) is 35.0 Å². The van der Waals surface area contributed by atoms with E-state index >= 15 is 0 Å². The molecule has 1 aliphatic rings. The molecule has 0 aliphatic heterocycles. The van der Waals surface area contributed by atoms with Gasteiger partial charge < -0.3 is 4.74 Å². The van der Waals surface area contributed by atoms with E-state index in [9.17, 15) is 0 Å². The van der Waals surface area contributed by atoms with Crippen molar-refractivity contribution in [3.8, 4) is 0 Å². The van der Waals surface area contributed by atoms with Gasteiger partial charge in [0.05, 0.1) is 9.26 Å². The SMILES string of the molecule is CCOC(CC)c1nc(Cl)c(I)c(C2CC2)n1. The minimum absolute atomic E-state index is 0.0352. The number of aromatic nitrogens is 2. The van der Waals surface area contributed by atoms with Gasteiger partial charge in [0.2, 0.25) is 0 Å². The largest absolute Gasteiger partial charge is 0.371 e. The van der Waals surface area contributed by atoms with Crippen molar-refractivity contribution < 1.29 is 4.74 Å². The van der Waals surface area contributed by atoms with Crippen LogP contribution in [-0.2, 0) is 4.74 Å². The Morgan fingerprint density at radius 3 is 2.65 bits per heavy atom. The van der Waals surface area contributed by atoms with Gasteiger partial charge >= 0.3 is 0 Å². The Hall–Kier alpha value is 0.0600. The summed E-state index contributed by atoms with van der Waals surface area (Å²) in [6.45, 7) is 4.73. The van der Waals surface area contributed by atoms with Crippen LogP contribution in [0.1, 0.15) is 56.7 Å². The molecule has 0 radical (unpaired) electrons. The molecule has 2 rings (SSSR count). The van der Waals surface area contributed by atoms with Gasteiger partial charge in [-0.05, 0) is 48.8 Å². The number of ether oxygens (including phenoxy) is 1. The summed E-state index contributed by atoms with van der Waals surface area (Å²) in [5, 5.41) is 0.565. The zero-order valence-corrected chi connectivity index (χ0v) is 13.0. The number of rotatable bonds is 5. The van der Waals surface area contributed by atoms with Crippen LogP contribution >= 0.6 is 34.2 Å². The molecule has 0 saturated heterocycles. The third kappa shape index (κ3) is 3.09. The second kappa shape index (κ2) is 5.80. The molecule has 0 amide bonds. The fraction of sp³-hybridized carbons (Fsp3) is 0.667. The average Bonchev–Trinajstić information content (AvgIpc) is 3.13. The molecule has 1 saturated carbocycles. The maximum atomic E-state index is 6.18. The second-order valence-corrected chi connectivity index (χ2v) is 5.64. The van der Waals surface area contributed by atoms with Gasteiger partial charge in [-0.25, -0.2) is 9.97 Å². The van der Waals surface area contributed by atoms with Crippen LogP contribution in [0.25, 0.3) is 0 Å². The molecule has 1 fully saturated rings. The first kappa shape index (κ1) is 13.5. The van der Waals surface area contributed by atoms with Crippen LogP contribution < -0.4 is 0 Å². The average molecular weight is 367 g/mol. The molecule has 17 heavy (non-hydrogen) atoms. The molecule has 3 nitrogen and oxygen atoms in total. The van der Waals surface area contributed by atoms with Gasteiger partial charge in [0, 0.05) is 12.5 Å². The van der Waals surface area contributed by atoms with Crippen molar-refractivity contribution in [2.24, 2.45) is 0 Å². The Labute approximate surface area is 120 Å². The number of hydrogen-bond donors (Lipinski definition) is 0. The fourth-order valence-corrected chi connectivity index (χ4v) is 2.67. The van der Waals surface area contributed by atoms with E-state index in [1.807, 2.05) is 6.92 Å². The van der Waals surface area contributed by atoms with E-state index in [1.165, 1.54) is 12.8 Å². The first-order chi connectivity index (χ1) is 8.17. The minimum atomic E-state index is -0.0352. The number of hydrogen-bond acceptors (Lipinski definition) is 3. The highest BCUT2D eigenvalue weighted by atomic mass is 127. The summed E-state index contributed by atoms with van der Waals surface area (Å²) >= 11 is 8.41. The van der Waals surface area contributed by atoms with E-state index in [-0.39, 0.29) is 6.10 Å². The summed E-state index contributed by atoms with van der Waals surface area (Å²) in [6.07, 6.45) is 3.27. The molecule has 5 heteroatoms. The van der Waals surface area contributed by atoms with Gasteiger partial charge in [-0.1, -0.05) is 18.5 Å². The minimum Gasteiger partial charge on any atom is -0.371 e. The predicted octanol–water partition coefficient (Wildman–Crippen LogP) is 4.10. The van der Waals surface area contributed by atoms with Crippen molar-refractivity contribution in [1.29, 1.82) is 0 Å². The maximum absolute atomic E-state index is 6.18. The standard InChI is InChI=1S/C12H16ClIN2O/c1-3-8(17-4-2)12-15-10(7-5-6-7)9(14)11(13)16-12/h7-8H,3-6H2,1-2H3. The Bertz CT molecular complexity index is 410. The smallest absolute Gasteiger partial charge is 0.159 e. The van der Waals surface area contributed by atoms with Crippen LogP contribution in [0.2, 0.25) is 5.15 Å². The van der Waals surface area contributed by atoms with E-state index in [4.69, 9.17) is 16.3 Å². The zero-order chi connectivity index (χ0) is 12.4. The van der Waals surface area contributed by atoms with Gasteiger partial charge in [-0.2, -0.15) is 0 Å². The Morgan fingerprint density at radius 2 is 2.12 bits per heavy atom. The third-order valence-electron chi connectivity index (χ3n) is 2.84. The Kier molecular flexibility index (Phi) is 4.60. The molecule has 94 valence electrons. The van der Waals surface area contributed by atoms with Crippen LogP contribution in [0.15, 0.2) is 0 Å². The van der Waals surface area contributed by atoms with Crippen molar-refractivity contribution >= 4 is 34.2 Å².